The van der Waals surface area contributed by atoms with Gasteiger partial charge in [-0.3, -0.25) is 14.4 Å². The molecule has 2 aromatic rings. The lowest BCUT2D eigenvalue weighted by Gasteiger charge is -2.31. The lowest BCUT2D eigenvalue weighted by Crippen LogP contribution is -2.44. The van der Waals surface area contributed by atoms with Gasteiger partial charge < -0.3 is 20.1 Å². The predicted molar refractivity (Wildman–Crippen MR) is 130 cm³/mol. The molecule has 8 nitrogen and oxygen atoms in total. The lowest BCUT2D eigenvalue weighted by atomic mass is 9.78. The van der Waals surface area contributed by atoms with Crippen LogP contribution in [0.25, 0.3) is 0 Å². The Morgan fingerprint density at radius 3 is 2.59 bits per heavy atom. The van der Waals surface area contributed by atoms with Gasteiger partial charge in [0.1, 0.15) is 11.7 Å². The summed E-state index contributed by atoms with van der Waals surface area (Å²) in [6.45, 7) is 0. The molecule has 0 saturated carbocycles. The van der Waals surface area contributed by atoms with E-state index in [1.807, 2.05) is 0 Å². The molecule has 2 N–H and O–H groups in total. The van der Waals surface area contributed by atoms with Crippen molar-refractivity contribution in [2.75, 3.05) is 25.3 Å². The van der Waals surface area contributed by atoms with Gasteiger partial charge in [0.15, 0.2) is 0 Å². The molecule has 1 aliphatic rings. The number of hydrogen-bond acceptors (Lipinski definition) is 7. The summed E-state index contributed by atoms with van der Waals surface area (Å²) >= 11 is 13.3. The van der Waals surface area contributed by atoms with E-state index in [0.717, 1.165) is 18.9 Å². The van der Waals surface area contributed by atoms with E-state index < -0.39 is 29.6 Å². The van der Waals surface area contributed by atoms with Crippen LogP contribution in [0.1, 0.15) is 11.5 Å². The molecular weight excluding hydrogens is 501 g/mol. The molecule has 0 radical (unpaired) electrons. The number of carbonyl (C=O) groups is 3. The molecule has 0 aromatic heterocycles. The number of nitriles is 1. The Labute approximate surface area is 210 Å². The first-order valence-corrected chi connectivity index (χ1v) is 11.6. The zero-order valence-corrected chi connectivity index (χ0v) is 20.4. The van der Waals surface area contributed by atoms with Crippen LogP contribution in [0.4, 0.5) is 5.69 Å². The van der Waals surface area contributed by atoms with E-state index in [1.165, 1.54) is 7.11 Å². The van der Waals surface area contributed by atoms with Gasteiger partial charge in [0.05, 0.1) is 42.3 Å². The van der Waals surface area contributed by atoms with Crippen LogP contribution in [0.2, 0.25) is 10.0 Å². The number of hydrogen-bond donors (Lipinski definition) is 2. The summed E-state index contributed by atoms with van der Waals surface area (Å²) in [6, 6.07) is 13.5. The second-order valence-electron chi connectivity index (χ2n) is 7.03. The highest BCUT2D eigenvalue weighted by Crippen LogP contribution is 2.42. The number of halogens is 2. The summed E-state index contributed by atoms with van der Waals surface area (Å²) < 4.78 is 10.0. The topological polar surface area (TPSA) is 118 Å². The molecule has 34 heavy (non-hydrogen) atoms. The molecule has 3 rings (SSSR count). The average molecular weight is 520 g/mol. The lowest BCUT2D eigenvalue weighted by molar-refractivity contribution is -0.150. The van der Waals surface area contributed by atoms with Crippen molar-refractivity contribution in [3.05, 3.63) is 68.7 Å². The number of anilines is 1. The molecule has 2 atom stereocenters. The second kappa shape index (κ2) is 11.3. The number of thioether (sulfide) groups is 1. The Balaban J connectivity index is 1.91. The maximum absolute atomic E-state index is 12.9. The van der Waals surface area contributed by atoms with Gasteiger partial charge >= 0.3 is 5.97 Å². The summed E-state index contributed by atoms with van der Waals surface area (Å²) in [5.74, 6) is -3.89. The van der Waals surface area contributed by atoms with E-state index in [1.54, 1.807) is 42.5 Å². The van der Waals surface area contributed by atoms with E-state index in [2.05, 4.69) is 16.7 Å². The van der Waals surface area contributed by atoms with Gasteiger partial charge in [-0.05, 0) is 29.8 Å². The first kappa shape index (κ1) is 25.4. The third-order valence-electron chi connectivity index (χ3n) is 5.01. The fraction of sp³-hybridized carbons (Fsp3) is 0.217. The molecule has 0 unspecified atom stereocenters. The minimum atomic E-state index is -1.31. The van der Waals surface area contributed by atoms with Gasteiger partial charge in [0.25, 0.3) is 0 Å². The van der Waals surface area contributed by atoms with Crippen molar-refractivity contribution in [3.8, 4) is 11.8 Å². The summed E-state index contributed by atoms with van der Waals surface area (Å²) in [6.07, 6.45) is 0. The van der Waals surface area contributed by atoms with E-state index >= 15 is 0 Å². The van der Waals surface area contributed by atoms with Crippen LogP contribution in [0, 0.1) is 17.2 Å². The summed E-state index contributed by atoms with van der Waals surface area (Å²) in [5, 5.41) is 16.1. The van der Waals surface area contributed by atoms with E-state index in [9.17, 15) is 19.6 Å². The van der Waals surface area contributed by atoms with Crippen molar-refractivity contribution in [3.63, 3.8) is 0 Å². The molecule has 11 heteroatoms. The first-order valence-electron chi connectivity index (χ1n) is 9.84. The zero-order valence-electron chi connectivity index (χ0n) is 18.1. The number of nitrogens with one attached hydrogen (secondary N) is 2. The highest BCUT2D eigenvalue weighted by molar-refractivity contribution is 8.03. The number of rotatable bonds is 7. The summed E-state index contributed by atoms with van der Waals surface area (Å²) in [5.41, 5.74) is 0.904. The molecule has 0 saturated heterocycles. The SMILES string of the molecule is COC(=O)[C@H]1C(=O)NC(SCC(=O)Nc2cc(Cl)ccc2OC)=C(C#N)[C@H]1c1ccccc1Cl. The fourth-order valence-electron chi connectivity index (χ4n) is 3.48. The average Bonchev–Trinajstić information content (AvgIpc) is 2.82. The number of benzene rings is 2. The van der Waals surface area contributed by atoms with E-state index in [-0.39, 0.29) is 16.4 Å². The highest BCUT2D eigenvalue weighted by atomic mass is 35.5. The van der Waals surface area contributed by atoms with E-state index in [0.29, 0.717) is 27.0 Å². The van der Waals surface area contributed by atoms with Gasteiger partial charge in [0.2, 0.25) is 11.8 Å². The third-order valence-corrected chi connectivity index (χ3v) is 6.60. The van der Waals surface area contributed by atoms with Gasteiger partial charge in [-0.25, -0.2) is 0 Å². The summed E-state index contributed by atoms with van der Waals surface area (Å²) in [4.78, 5) is 37.9. The fourth-order valence-corrected chi connectivity index (χ4v) is 4.76. The molecule has 1 aliphatic heterocycles. The predicted octanol–water partition coefficient (Wildman–Crippen LogP) is 4.11. The maximum atomic E-state index is 12.9. The van der Waals surface area contributed by atoms with Gasteiger partial charge in [0, 0.05) is 16.0 Å². The van der Waals surface area contributed by atoms with Crippen LogP contribution in [-0.2, 0) is 19.1 Å². The Bertz CT molecular complexity index is 1210. The number of ether oxygens (including phenoxy) is 2. The number of methoxy groups -OCH3 is 2. The second-order valence-corrected chi connectivity index (χ2v) is 8.85. The number of nitrogens with zero attached hydrogens (tertiary/aromatic N) is 1. The minimum absolute atomic E-state index is 0.0984. The van der Waals surface area contributed by atoms with Crippen molar-refractivity contribution in [2.45, 2.75) is 5.92 Å². The van der Waals surface area contributed by atoms with Gasteiger partial charge in [-0.15, -0.1) is 0 Å². The van der Waals surface area contributed by atoms with Crippen LogP contribution < -0.4 is 15.4 Å². The van der Waals surface area contributed by atoms with Crippen LogP contribution in [0.15, 0.2) is 53.1 Å². The quantitative estimate of drug-likeness (QED) is 0.417. The monoisotopic (exact) mass is 519 g/mol. The maximum Gasteiger partial charge on any atom is 0.319 e. The molecule has 0 fully saturated rings. The summed E-state index contributed by atoms with van der Waals surface area (Å²) in [7, 11) is 2.62. The van der Waals surface area contributed by atoms with Crippen molar-refractivity contribution < 1.29 is 23.9 Å². The van der Waals surface area contributed by atoms with Crippen molar-refractivity contribution >= 4 is 58.4 Å². The molecule has 2 aromatic carbocycles. The standard InChI is InChI=1S/C23H19Cl2N3O5S/c1-32-17-8-7-12(24)9-16(17)27-18(29)11-34-22-14(10-26)19(13-5-3-4-6-15(13)25)20(21(30)28-22)23(31)33-2/h3-9,19-20H,11H2,1-2H3,(H,27,29)(H,28,30)/t19-,20-/m1/s1. The number of amides is 2. The highest BCUT2D eigenvalue weighted by Gasteiger charge is 2.45. The Hall–Kier alpha value is -3.19. The van der Waals surface area contributed by atoms with Crippen molar-refractivity contribution in [1.29, 1.82) is 5.26 Å². The number of allylic oxidation sites excluding steroid dienone is 1. The molecule has 1 heterocycles. The molecule has 176 valence electrons. The van der Waals surface area contributed by atoms with Crippen LogP contribution in [0.5, 0.6) is 5.75 Å². The number of esters is 1. The first-order chi connectivity index (χ1) is 16.3. The van der Waals surface area contributed by atoms with Crippen LogP contribution in [-0.4, -0.2) is 37.8 Å². The van der Waals surface area contributed by atoms with Crippen molar-refractivity contribution in [1.82, 2.24) is 5.32 Å². The van der Waals surface area contributed by atoms with E-state index in [4.69, 9.17) is 32.7 Å². The largest absolute Gasteiger partial charge is 0.495 e. The molecule has 0 bridgehead atoms. The van der Waals surface area contributed by atoms with Gasteiger partial charge in [-0.2, -0.15) is 5.26 Å². The third kappa shape index (κ3) is 5.47. The van der Waals surface area contributed by atoms with Crippen LogP contribution in [0.3, 0.4) is 0 Å². The van der Waals surface area contributed by atoms with Crippen LogP contribution >= 0.6 is 35.0 Å². The molecular formula is C23H19Cl2N3O5S. The van der Waals surface area contributed by atoms with Crippen molar-refractivity contribution in [2.24, 2.45) is 5.92 Å². The smallest absolute Gasteiger partial charge is 0.319 e. The number of carbonyl (C=O) groups excluding carboxylic acids is 3. The Kier molecular flexibility index (Phi) is 8.45. The molecule has 0 aliphatic carbocycles. The Morgan fingerprint density at radius 2 is 1.94 bits per heavy atom. The zero-order chi connectivity index (χ0) is 24.8. The molecule has 0 spiro atoms. The normalized spacial score (nSPS) is 17.4. The molecule has 2 amide bonds. The minimum Gasteiger partial charge on any atom is -0.495 e. The van der Waals surface area contributed by atoms with Gasteiger partial charge in [-0.1, -0.05) is 53.2 Å². The Morgan fingerprint density at radius 1 is 1.21 bits per heavy atom.